The highest BCUT2D eigenvalue weighted by atomic mass is 16.2. The summed E-state index contributed by atoms with van der Waals surface area (Å²) in [5.41, 5.74) is 0.963. The summed E-state index contributed by atoms with van der Waals surface area (Å²) in [6.07, 6.45) is 6.91. The zero-order valence-electron chi connectivity index (χ0n) is 9.21. The van der Waals surface area contributed by atoms with E-state index in [0.29, 0.717) is 12.4 Å². The van der Waals surface area contributed by atoms with Crippen LogP contribution in [0, 0.1) is 0 Å². The van der Waals surface area contributed by atoms with Gasteiger partial charge in [-0.15, -0.1) is 0 Å². The lowest BCUT2D eigenvalue weighted by molar-refractivity contribution is 0.0937. The van der Waals surface area contributed by atoms with Crippen LogP contribution in [0.5, 0.6) is 0 Å². The van der Waals surface area contributed by atoms with Crippen molar-refractivity contribution in [2.45, 2.75) is 6.54 Å². The highest BCUT2D eigenvalue weighted by Crippen LogP contribution is 1.98. The van der Waals surface area contributed by atoms with Crippen LogP contribution in [-0.4, -0.2) is 25.2 Å². The summed E-state index contributed by atoms with van der Waals surface area (Å²) < 4.78 is 3.38. The second-order valence-electron chi connectivity index (χ2n) is 3.57. The van der Waals surface area contributed by atoms with E-state index < -0.39 is 0 Å². The lowest BCUT2D eigenvalue weighted by Crippen LogP contribution is -2.25. The van der Waals surface area contributed by atoms with Gasteiger partial charge in [0.15, 0.2) is 5.82 Å². The van der Waals surface area contributed by atoms with E-state index in [1.807, 2.05) is 13.2 Å². The van der Waals surface area contributed by atoms with Crippen LogP contribution in [0.4, 0.5) is 0 Å². The molecule has 1 amide bonds. The predicted molar refractivity (Wildman–Crippen MR) is 57.6 cm³/mol. The molecule has 0 aliphatic carbocycles. The zero-order chi connectivity index (χ0) is 11.5. The van der Waals surface area contributed by atoms with Crippen LogP contribution >= 0.6 is 0 Å². The lowest BCUT2D eigenvalue weighted by Gasteiger charge is -2.02. The van der Waals surface area contributed by atoms with Gasteiger partial charge in [0, 0.05) is 44.8 Å². The molecule has 6 nitrogen and oxygen atoms in total. The van der Waals surface area contributed by atoms with Crippen LogP contribution < -0.4 is 5.32 Å². The average molecular weight is 219 g/mol. The number of imidazole rings is 1. The maximum Gasteiger partial charge on any atom is 0.287 e. The van der Waals surface area contributed by atoms with E-state index in [2.05, 4.69) is 15.4 Å². The third kappa shape index (κ3) is 2.10. The van der Waals surface area contributed by atoms with Crippen LogP contribution in [0.25, 0.3) is 0 Å². The molecule has 6 heteroatoms. The van der Waals surface area contributed by atoms with Gasteiger partial charge in [-0.2, -0.15) is 5.10 Å². The molecular formula is C10H13N5O. The monoisotopic (exact) mass is 219 g/mol. The Kier molecular flexibility index (Phi) is 2.72. The van der Waals surface area contributed by atoms with E-state index in [1.54, 1.807) is 34.9 Å². The summed E-state index contributed by atoms with van der Waals surface area (Å²) in [7, 11) is 3.62. The van der Waals surface area contributed by atoms with Gasteiger partial charge < -0.3 is 9.88 Å². The minimum atomic E-state index is -0.184. The molecule has 0 fully saturated rings. The van der Waals surface area contributed by atoms with Crippen molar-refractivity contribution in [3.05, 3.63) is 36.2 Å². The lowest BCUT2D eigenvalue weighted by atomic mass is 10.3. The number of nitrogens with zero attached hydrogens (tertiary/aromatic N) is 4. The van der Waals surface area contributed by atoms with Gasteiger partial charge >= 0.3 is 0 Å². The number of carbonyl (C=O) groups is 1. The summed E-state index contributed by atoms with van der Waals surface area (Å²) in [4.78, 5) is 15.6. The highest BCUT2D eigenvalue weighted by Gasteiger charge is 2.10. The summed E-state index contributed by atoms with van der Waals surface area (Å²) in [6.45, 7) is 0.458. The quantitative estimate of drug-likeness (QED) is 0.795. The normalized spacial score (nSPS) is 10.4. The summed E-state index contributed by atoms with van der Waals surface area (Å²) in [5, 5.41) is 6.80. The molecule has 2 aromatic heterocycles. The molecule has 16 heavy (non-hydrogen) atoms. The Balaban J connectivity index is 1.96. The molecule has 2 heterocycles. The van der Waals surface area contributed by atoms with Gasteiger partial charge in [-0.3, -0.25) is 9.48 Å². The van der Waals surface area contributed by atoms with Crippen LogP contribution in [-0.2, 0) is 20.6 Å². The molecular weight excluding hydrogens is 206 g/mol. The van der Waals surface area contributed by atoms with E-state index in [-0.39, 0.29) is 5.91 Å². The maximum atomic E-state index is 11.7. The van der Waals surface area contributed by atoms with Gasteiger partial charge in [0.05, 0.1) is 6.20 Å². The first kappa shape index (κ1) is 10.4. The van der Waals surface area contributed by atoms with Crippen LogP contribution in [0.2, 0.25) is 0 Å². The van der Waals surface area contributed by atoms with Gasteiger partial charge in [-0.05, 0) is 0 Å². The molecule has 0 aliphatic rings. The number of hydrogen-bond acceptors (Lipinski definition) is 3. The van der Waals surface area contributed by atoms with Gasteiger partial charge in [0.1, 0.15) is 0 Å². The fourth-order valence-corrected chi connectivity index (χ4v) is 1.41. The van der Waals surface area contributed by atoms with E-state index in [0.717, 1.165) is 5.56 Å². The molecule has 0 atom stereocenters. The van der Waals surface area contributed by atoms with Crippen molar-refractivity contribution in [1.29, 1.82) is 0 Å². The van der Waals surface area contributed by atoms with Gasteiger partial charge in [0.25, 0.3) is 5.91 Å². The maximum absolute atomic E-state index is 11.7. The largest absolute Gasteiger partial charge is 0.345 e. The SMILES string of the molecule is Cn1cc(CNC(=O)c2nccn2C)cn1. The number of amides is 1. The number of aromatic nitrogens is 4. The summed E-state index contributed by atoms with van der Waals surface area (Å²) in [6, 6.07) is 0. The van der Waals surface area contributed by atoms with Gasteiger partial charge in [0.2, 0.25) is 0 Å². The number of hydrogen-bond donors (Lipinski definition) is 1. The fourth-order valence-electron chi connectivity index (χ4n) is 1.41. The summed E-state index contributed by atoms with van der Waals surface area (Å²) in [5.74, 6) is 0.222. The molecule has 0 radical (unpaired) electrons. The Hall–Kier alpha value is -2.11. The Bertz CT molecular complexity index is 499. The van der Waals surface area contributed by atoms with Gasteiger partial charge in [-0.1, -0.05) is 0 Å². The van der Waals surface area contributed by atoms with Crippen molar-refractivity contribution in [3.63, 3.8) is 0 Å². The molecule has 0 saturated carbocycles. The van der Waals surface area contributed by atoms with Gasteiger partial charge in [-0.25, -0.2) is 4.98 Å². The number of carbonyl (C=O) groups excluding carboxylic acids is 1. The number of nitrogens with one attached hydrogen (secondary N) is 1. The Morgan fingerprint density at radius 2 is 2.31 bits per heavy atom. The smallest absolute Gasteiger partial charge is 0.287 e. The highest BCUT2D eigenvalue weighted by molar-refractivity contribution is 5.90. The Morgan fingerprint density at radius 3 is 2.88 bits per heavy atom. The molecule has 84 valence electrons. The second-order valence-corrected chi connectivity index (χ2v) is 3.57. The van der Waals surface area contributed by atoms with Crippen LogP contribution in [0.3, 0.4) is 0 Å². The molecule has 0 spiro atoms. The van der Waals surface area contributed by atoms with E-state index >= 15 is 0 Å². The first-order chi connectivity index (χ1) is 7.66. The fraction of sp³-hybridized carbons (Fsp3) is 0.300. The third-order valence-electron chi connectivity index (χ3n) is 2.24. The van der Waals surface area contributed by atoms with E-state index in [9.17, 15) is 4.79 Å². The minimum absolute atomic E-state index is 0.184. The zero-order valence-corrected chi connectivity index (χ0v) is 9.21. The van der Waals surface area contributed by atoms with E-state index in [1.165, 1.54) is 0 Å². The molecule has 0 saturated heterocycles. The first-order valence-electron chi connectivity index (χ1n) is 4.90. The van der Waals surface area contributed by atoms with Crippen molar-refractivity contribution in [1.82, 2.24) is 24.6 Å². The van der Waals surface area contributed by atoms with Crippen molar-refractivity contribution in [2.24, 2.45) is 14.1 Å². The molecule has 0 aliphatic heterocycles. The average Bonchev–Trinajstić information content (AvgIpc) is 2.84. The standard InChI is InChI=1S/C10H13N5O/c1-14-4-3-11-9(14)10(16)12-5-8-6-13-15(2)7-8/h3-4,6-7H,5H2,1-2H3,(H,12,16). The molecule has 2 rings (SSSR count). The van der Waals surface area contributed by atoms with Crippen LogP contribution in [0.15, 0.2) is 24.8 Å². The topological polar surface area (TPSA) is 64.7 Å². The number of aryl methyl sites for hydroxylation is 2. The van der Waals surface area contributed by atoms with Crippen LogP contribution in [0.1, 0.15) is 16.2 Å². The Labute approximate surface area is 92.9 Å². The van der Waals surface area contributed by atoms with E-state index in [4.69, 9.17) is 0 Å². The first-order valence-corrected chi connectivity index (χ1v) is 4.90. The third-order valence-corrected chi connectivity index (χ3v) is 2.24. The van der Waals surface area contributed by atoms with Crippen molar-refractivity contribution >= 4 is 5.91 Å². The second kappa shape index (κ2) is 4.18. The predicted octanol–water partition coefficient (Wildman–Crippen LogP) is 0.0836. The van der Waals surface area contributed by atoms with Crippen molar-refractivity contribution in [2.75, 3.05) is 0 Å². The summed E-state index contributed by atoms with van der Waals surface area (Å²) >= 11 is 0. The number of rotatable bonds is 3. The van der Waals surface area contributed by atoms with Crippen molar-refractivity contribution in [3.8, 4) is 0 Å². The molecule has 0 unspecified atom stereocenters. The Morgan fingerprint density at radius 1 is 1.50 bits per heavy atom. The molecule has 0 aromatic carbocycles. The molecule has 2 aromatic rings. The van der Waals surface area contributed by atoms with Crippen molar-refractivity contribution < 1.29 is 4.79 Å². The molecule has 1 N–H and O–H groups in total. The molecule has 0 bridgehead atoms. The minimum Gasteiger partial charge on any atom is -0.345 e.